The molecule has 0 aromatic heterocycles. The summed E-state index contributed by atoms with van der Waals surface area (Å²) >= 11 is 0. The standard InChI is InChI=1S/C15H19NO5/c1-2-13(21-11-6-4-3-5-7-11)14(18)16-9-10(17)8-12(16)15(19)20/h3-7,10,12-13,17H,2,8-9H2,1H3,(H,19,20). The SMILES string of the molecule is CCC(Oc1ccccc1)C(=O)N1CC(O)CC1C(=O)O. The van der Waals surface area contributed by atoms with Crippen LogP contribution in [-0.4, -0.2) is 51.8 Å². The molecule has 0 bridgehead atoms. The summed E-state index contributed by atoms with van der Waals surface area (Å²) in [5.74, 6) is -0.941. The second-order valence-corrected chi connectivity index (χ2v) is 5.06. The molecule has 1 saturated heterocycles. The maximum absolute atomic E-state index is 12.5. The lowest BCUT2D eigenvalue weighted by Gasteiger charge is -2.26. The van der Waals surface area contributed by atoms with Gasteiger partial charge in [0.1, 0.15) is 11.8 Å². The number of benzene rings is 1. The predicted octanol–water partition coefficient (Wildman–Crippen LogP) is 0.890. The van der Waals surface area contributed by atoms with E-state index in [0.29, 0.717) is 12.2 Å². The number of carbonyl (C=O) groups is 2. The third-order valence-electron chi connectivity index (χ3n) is 3.51. The molecule has 1 aliphatic rings. The number of para-hydroxylation sites is 1. The molecule has 1 aliphatic heterocycles. The monoisotopic (exact) mass is 293 g/mol. The topological polar surface area (TPSA) is 87.1 Å². The lowest BCUT2D eigenvalue weighted by atomic mass is 10.2. The van der Waals surface area contributed by atoms with E-state index in [-0.39, 0.29) is 13.0 Å². The molecule has 6 heteroatoms. The van der Waals surface area contributed by atoms with Crippen molar-refractivity contribution in [3.8, 4) is 5.75 Å². The summed E-state index contributed by atoms with van der Waals surface area (Å²) in [5.41, 5.74) is 0. The van der Waals surface area contributed by atoms with Crippen molar-refractivity contribution in [2.45, 2.75) is 38.0 Å². The van der Waals surface area contributed by atoms with Crippen molar-refractivity contribution >= 4 is 11.9 Å². The van der Waals surface area contributed by atoms with Gasteiger partial charge in [0.15, 0.2) is 6.10 Å². The molecule has 6 nitrogen and oxygen atoms in total. The molecule has 0 spiro atoms. The molecular formula is C15H19NO5. The van der Waals surface area contributed by atoms with Crippen molar-refractivity contribution in [2.75, 3.05) is 6.54 Å². The first-order valence-corrected chi connectivity index (χ1v) is 6.96. The Morgan fingerprint density at radius 1 is 1.38 bits per heavy atom. The molecule has 3 atom stereocenters. The Kier molecular flexibility index (Phi) is 4.80. The molecule has 3 unspecified atom stereocenters. The average Bonchev–Trinajstić information content (AvgIpc) is 2.87. The molecule has 1 amide bonds. The number of ether oxygens (including phenoxy) is 1. The number of aliphatic hydroxyl groups is 1. The summed E-state index contributed by atoms with van der Waals surface area (Å²) < 4.78 is 5.64. The molecule has 1 fully saturated rings. The molecule has 1 aromatic carbocycles. The van der Waals surface area contributed by atoms with Gasteiger partial charge in [-0.15, -0.1) is 0 Å². The smallest absolute Gasteiger partial charge is 0.326 e. The summed E-state index contributed by atoms with van der Waals surface area (Å²) in [4.78, 5) is 24.9. The Morgan fingerprint density at radius 3 is 2.62 bits per heavy atom. The number of rotatable bonds is 5. The van der Waals surface area contributed by atoms with Gasteiger partial charge in [-0.05, 0) is 18.6 Å². The van der Waals surface area contributed by atoms with Crippen LogP contribution >= 0.6 is 0 Å². The molecule has 2 N–H and O–H groups in total. The predicted molar refractivity (Wildman–Crippen MR) is 74.9 cm³/mol. The number of nitrogens with zero attached hydrogens (tertiary/aromatic N) is 1. The van der Waals surface area contributed by atoms with Gasteiger partial charge in [0.25, 0.3) is 5.91 Å². The Morgan fingerprint density at radius 2 is 2.05 bits per heavy atom. The number of hydrogen-bond acceptors (Lipinski definition) is 4. The first-order chi connectivity index (χ1) is 10.0. The molecule has 114 valence electrons. The van der Waals surface area contributed by atoms with Crippen LogP contribution in [0.3, 0.4) is 0 Å². The normalized spacial score (nSPS) is 22.9. The number of carbonyl (C=O) groups excluding carboxylic acids is 1. The average molecular weight is 293 g/mol. The maximum Gasteiger partial charge on any atom is 0.326 e. The molecular weight excluding hydrogens is 274 g/mol. The number of β-amino-alcohol motifs (C(OH)–C–C–N with tert-alkyl or cyclic N) is 1. The lowest BCUT2D eigenvalue weighted by molar-refractivity contribution is -0.151. The summed E-state index contributed by atoms with van der Waals surface area (Å²) in [6.45, 7) is 1.83. The van der Waals surface area contributed by atoms with Gasteiger partial charge in [0, 0.05) is 13.0 Å². The number of likely N-dealkylation sites (tertiary alicyclic amines) is 1. The minimum atomic E-state index is -1.10. The van der Waals surface area contributed by atoms with Gasteiger partial charge < -0.3 is 19.8 Å². The Bertz CT molecular complexity index is 504. The van der Waals surface area contributed by atoms with Crippen LogP contribution in [0.1, 0.15) is 19.8 Å². The summed E-state index contributed by atoms with van der Waals surface area (Å²) in [6.07, 6.45) is -1.07. The minimum Gasteiger partial charge on any atom is -0.481 e. The van der Waals surface area contributed by atoms with E-state index in [9.17, 15) is 14.7 Å². The largest absolute Gasteiger partial charge is 0.481 e. The van der Waals surface area contributed by atoms with E-state index in [2.05, 4.69) is 0 Å². The van der Waals surface area contributed by atoms with Crippen LogP contribution in [0.5, 0.6) is 5.75 Å². The van der Waals surface area contributed by atoms with Crippen LogP contribution in [0.25, 0.3) is 0 Å². The van der Waals surface area contributed by atoms with E-state index in [1.165, 1.54) is 4.90 Å². The second kappa shape index (κ2) is 6.58. The summed E-state index contributed by atoms with van der Waals surface area (Å²) in [7, 11) is 0. The van der Waals surface area contributed by atoms with Crippen molar-refractivity contribution in [1.29, 1.82) is 0 Å². The molecule has 1 aromatic rings. The zero-order valence-electron chi connectivity index (χ0n) is 11.8. The number of carboxylic acid groups (broad SMARTS) is 1. The van der Waals surface area contributed by atoms with Crippen molar-refractivity contribution in [1.82, 2.24) is 4.90 Å². The van der Waals surface area contributed by atoms with Crippen LogP contribution in [0.15, 0.2) is 30.3 Å². The Balaban J connectivity index is 2.10. The Hall–Kier alpha value is -2.08. The quantitative estimate of drug-likeness (QED) is 0.842. The van der Waals surface area contributed by atoms with Gasteiger partial charge in [-0.25, -0.2) is 4.79 Å². The fraction of sp³-hybridized carbons (Fsp3) is 0.467. The van der Waals surface area contributed by atoms with Crippen LogP contribution < -0.4 is 4.74 Å². The highest BCUT2D eigenvalue weighted by molar-refractivity contribution is 5.87. The zero-order valence-corrected chi connectivity index (χ0v) is 11.8. The van der Waals surface area contributed by atoms with E-state index in [1.807, 2.05) is 6.07 Å². The summed E-state index contributed by atoms with van der Waals surface area (Å²) in [6, 6.07) is 7.93. The highest BCUT2D eigenvalue weighted by Crippen LogP contribution is 2.22. The van der Waals surface area contributed by atoms with Gasteiger partial charge in [0.05, 0.1) is 6.10 Å². The number of aliphatic hydroxyl groups excluding tert-OH is 1. The van der Waals surface area contributed by atoms with Gasteiger partial charge in [-0.1, -0.05) is 25.1 Å². The third kappa shape index (κ3) is 3.52. The third-order valence-corrected chi connectivity index (χ3v) is 3.51. The van der Waals surface area contributed by atoms with Crippen molar-refractivity contribution in [3.63, 3.8) is 0 Å². The van der Waals surface area contributed by atoms with Crippen LogP contribution in [0, 0.1) is 0 Å². The van der Waals surface area contributed by atoms with E-state index in [0.717, 1.165) is 0 Å². The fourth-order valence-corrected chi connectivity index (χ4v) is 2.45. The van der Waals surface area contributed by atoms with E-state index in [4.69, 9.17) is 9.84 Å². The van der Waals surface area contributed by atoms with Gasteiger partial charge >= 0.3 is 5.97 Å². The molecule has 1 heterocycles. The first kappa shape index (κ1) is 15.3. The van der Waals surface area contributed by atoms with Gasteiger partial charge in [0.2, 0.25) is 0 Å². The highest BCUT2D eigenvalue weighted by atomic mass is 16.5. The van der Waals surface area contributed by atoms with Gasteiger partial charge in [-0.2, -0.15) is 0 Å². The van der Waals surface area contributed by atoms with Crippen molar-refractivity contribution in [3.05, 3.63) is 30.3 Å². The summed E-state index contributed by atoms with van der Waals surface area (Å²) in [5, 5.41) is 18.8. The Labute approximate surface area is 122 Å². The zero-order chi connectivity index (χ0) is 15.4. The minimum absolute atomic E-state index is 0.0322. The van der Waals surface area contributed by atoms with Crippen molar-refractivity contribution in [2.24, 2.45) is 0 Å². The fourth-order valence-electron chi connectivity index (χ4n) is 2.45. The van der Waals surface area contributed by atoms with Gasteiger partial charge in [-0.3, -0.25) is 4.79 Å². The lowest BCUT2D eigenvalue weighted by Crippen LogP contribution is -2.47. The van der Waals surface area contributed by atoms with E-state index in [1.54, 1.807) is 31.2 Å². The van der Waals surface area contributed by atoms with Crippen molar-refractivity contribution < 1.29 is 24.5 Å². The van der Waals surface area contributed by atoms with E-state index >= 15 is 0 Å². The maximum atomic E-state index is 12.5. The number of carboxylic acids is 1. The first-order valence-electron chi connectivity index (χ1n) is 6.96. The molecule has 0 saturated carbocycles. The molecule has 21 heavy (non-hydrogen) atoms. The number of aliphatic carboxylic acids is 1. The number of amides is 1. The van der Waals surface area contributed by atoms with Crippen LogP contribution in [0.2, 0.25) is 0 Å². The molecule has 0 aliphatic carbocycles. The highest BCUT2D eigenvalue weighted by Gasteiger charge is 2.41. The van der Waals surface area contributed by atoms with Crippen LogP contribution in [0.4, 0.5) is 0 Å². The molecule has 0 radical (unpaired) electrons. The molecule has 2 rings (SSSR count). The van der Waals surface area contributed by atoms with E-state index < -0.39 is 30.1 Å². The number of hydrogen-bond donors (Lipinski definition) is 2. The second-order valence-electron chi connectivity index (χ2n) is 5.06. The van der Waals surface area contributed by atoms with Crippen LogP contribution in [-0.2, 0) is 9.59 Å².